The monoisotopic (exact) mass is 572 g/mol. The molecule has 1 aromatic heterocycles. The molecule has 3 atom stereocenters. The molecule has 5 nitrogen and oxygen atoms in total. The van der Waals surface area contributed by atoms with Gasteiger partial charge in [-0.05, 0) is 43.9 Å². The maximum absolute atomic E-state index is 14.7. The number of hydrogen-bond donors (Lipinski definition) is 2. The third-order valence-electron chi connectivity index (χ3n) is 7.73. The second-order valence-electron chi connectivity index (χ2n) is 10.5. The molecule has 3 aromatic rings. The SMILES string of the molecule is C[C@@H]1Cc2c([nH]c3c(F)cccc23)C(c2ccc(N[C@H]3CCN(CCCF)C3)cc2OC(F)F)N1CC(F)(F)F. The zero-order valence-electron chi connectivity index (χ0n) is 21.9. The van der Waals surface area contributed by atoms with E-state index in [1.165, 1.54) is 29.2 Å². The Kier molecular flexibility index (Phi) is 8.19. The zero-order valence-corrected chi connectivity index (χ0v) is 21.9. The number of aromatic amines is 1. The van der Waals surface area contributed by atoms with Gasteiger partial charge in [0, 0.05) is 60.1 Å². The highest BCUT2D eigenvalue weighted by atomic mass is 19.4. The van der Waals surface area contributed by atoms with Crippen molar-refractivity contribution >= 4 is 16.6 Å². The minimum Gasteiger partial charge on any atom is -0.434 e. The molecular weight excluding hydrogens is 541 g/mol. The normalized spacial score (nSPS) is 22.3. The summed E-state index contributed by atoms with van der Waals surface area (Å²) < 4.78 is 101. The summed E-state index contributed by atoms with van der Waals surface area (Å²) in [6, 6.07) is 7.19. The van der Waals surface area contributed by atoms with Gasteiger partial charge in [-0.3, -0.25) is 9.29 Å². The number of H-pyrrole nitrogens is 1. The number of halogens is 7. The molecule has 0 radical (unpaired) electrons. The zero-order chi connectivity index (χ0) is 28.6. The van der Waals surface area contributed by atoms with E-state index in [2.05, 4.69) is 15.2 Å². The van der Waals surface area contributed by atoms with Gasteiger partial charge in [0.2, 0.25) is 0 Å². The molecule has 2 N–H and O–H groups in total. The number of rotatable bonds is 9. The summed E-state index contributed by atoms with van der Waals surface area (Å²) >= 11 is 0. The predicted molar refractivity (Wildman–Crippen MR) is 138 cm³/mol. The second kappa shape index (κ2) is 11.5. The van der Waals surface area contributed by atoms with Gasteiger partial charge in [-0.25, -0.2) is 4.39 Å². The van der Waals surface area contributed by atoms with Crippen LogP contribution in [0.2, 0.25) is 0 Å². The highest BCUT2D eigenvalue weighted by Gasteiger charge is 2.43. The van der Waals surface area contributed by atoms with Gasteiger partial charge >= 0.3 is 12.8 Å². The smallest absolute Gasteiger partial charge is 0.401 e. The Morgan fingerprint density at radius 3 is 2.70 bits per heavy atom. The second-order valence-corrected chi connectivity index (χ2v) is 10.5. The summed E-state index contributed by atoms with van der Waals surface area (Å²) in [4.78, 5) is 6.27. The summed E-state index contributed by atoms with van der Waals surface area (Å²) in [6.07, 6.45) is -3.15. The molecule has 2 aliphatic rings. The van der Waals surface area contributed by atoms with E-state index in [0.717, 1.165) is 13.0 Å². The van der Waals surface area contributed by atoms with E-state index >= 15 is 0 Å². The van der Waals surface area contributed by atoms with Crippen LogP contribution in [0.5, 0.6) is 5.75 Å². The first-order chi connectivity index (χ1) is 19.0. The van der Waals surface area contributed by atoms with Gasteiger partial charge in [0.05, 0.1) is 24.8 Å². The fraction of sp³-hybridized carbons (Fsp3) is 0.500. The lowest BCUT2D eigenvalue weighted by Crippen LogP contribution is -2.47. The number of ether oxygens (including phenoxy) is 1. The van der Waals surface area contributed by atoms with Gasteiger partial charge in [0.1, 0.15) is 11.6 Å². The molecule has 40 heavy (non-hydrogen) atoms. The molecule has 0 spiro atoms. The van der Waals surface area contributed by atoms with Crippen molar-refractivity contribution in [1.82, 2.24) is 14.8 Å². The molecule has 0 saturated carbocycles. The third-order valence-corrected chi connectivity index (χ3v) is 7.73. The van der Waals surface area contributed by atoms with Crippen LogP contribution in [-0.4, -0.2) is 72.5 Å². The van der Waals surface area contributed by atoms with Crippen molar-refractivity contribution in [2.45, 2.75) is 57.1 Å². The number of alkyl halides is 6. The van der Waals surface area contributed by atoms with Crippen LogP contribution >= 0.6 is 0 Å². The van der Waals surface area contributed by atoms with Gasteiger partial charge in [0.15, 0.2) is 0 Å². The molecular formula is C28H31F7N4O. The summed E-state index contributed by atoms with van der Waals surface area (Å²) in [6.45, 7) is -1.23. The number of nitrogens with zero attached hydrogens (tertiary/aromatic N) is 2. The number of anilines is 1. The number of hydrogen-bond acceptors (Lipinski definition) is 4. The fourth-order valence-corrected chi connectivity index (χ4v) is 6.05. The lowest BCUT2D eigenvalue weighted by Gasteiger charge is -2.41. The van der Waals surface area contributed by atoms with E-state index in [1.807, 2.05) is 0 Å². The number of likely N-dealkylation sites (tertiary alicyclic amines) is 1. The largest absolute Gasteiger partial charge is 0.434 e. The lowest BCUT2D eigenvalue weighted by molar-refractivity contribution is -0.155. The standard InChI is InChI=1S/C28H31F7N4O/c1-16-12-21-19-4-2-5-22(30)24(19)37-25(21)26(39(16)15-28(33,34)35)20-7-6-17(13-23(20)40-27(31)32)36-18-8-11-38(14-18)10-3-9-29/h2,4-7,13,16,18,26-27,36-37H,3,8-12,14-15H2,1H3/t16-,18+,26?/m1/s1. The van der Waals surface area contributed by atoms with Crippen LogP contribution in [-0.2, 0) is 6.42 Å². The third kappa shape index (κ3) is 6.02. The first-order valence-electron chi connectivity index (χ1n) is 13.3. The minimum absolute atomic E-state index is 0.00965. The van der Waals surface area contributed by atoms with Gasteiger partial charge in [-0.1, -0.05) is 18.2 Å². The van der Waals surface area contributed by atoms with Crippen molar-refractivity contribution in [1.29, 1.82) is 0 Å². The van der Waals surface area contributed by atoms with E-state index in [4.69, 9.17) is 4.74 Å². The molecule has 2 aliphatic heterocycles. The van der Waals surface area contributed by atoms with Gasteiger partial charge in [0.25, 0.3) is 0 Å². The van der Waals surface area contributed by atoms with Crippen LogP contribution < -0.4 is 10.1 Å². The van der Waals surface area contributed by atoms with Crippen LogP contribution in [0.25, 0.3) is 10.9 Å². The number of benzene rings is 2. The first-order valence-corrected chi connectivity index (χ1v) is 13.3. The molecule has 2 aromatic carbocycles. The summed E-state index contributed by atoms with van der Waals surface area (Å²) in [5, 5.41) is 3.83. The fourth-order valence-electron chi connectivity index (χ4n) is 6.05. The average molecular weight is 573 g/mol. The van der Waals surface area contributed by atoms with Crippen molar-refractivity contribution < 1.29 is 35.5 Å². The van der Waals surface area contributed by atoms with Crippen molar-refractivity contribution in [2.24, 2.45) is 0 Å². The van der Waals surface area contributed by atoms with Crippen LogP contribution in [0.3, 0.4) is 0 Å². The highest BCUT2D eigenvalue weighted by molar-refractivity contribution is 5.86. The minimum atomic E-state index is -4.57. The van der Waals surface area contributed by atoms with Gasteiger partial charge in [-0.15, -0.1) is 0 Å². The summed E-state index contributed by atoms with van der Waals surface area (Å²) in [5.41, 5.74) is 1.72. The van der Waals surface area contributed by atoms with Gasteiger partial charge < -0.3 is 19.9 Å². The van der Waals surface area contributed by atoms with Crippen molar-refractivity contribution in [3.8, 4) is 5.75 Å². The Hall–Kier alpha value is -2.99. The molecule has 12 heteroatoms. The van der Waals surface area contributed by atoms with Crippen LogP contribution in [0.4, 0.5) is 36.4 Å². The molecule has 1 unspecified atom stereocenters. The molecule has 1 saturated heterocycles. The van der Waals surface area contributed by atoms with Crippen LogP contribution in [0.15, 0.2) is 36.4 Å². The number of aromatic nitrogens is 1. The van der Waals surface area contributed by atoms with Gasteiger partial charge in [-0.2, -0.15) is 22.0 Å². The molecule has 1 fully saturated rings. The maximum Gasteiger partial charge on any atom is 0.401 e. The summed E-state index contributed by atoms with van der Waals surface area (Å²) in [5.74, 6) is -0.815. The van der Waals surface area contributed by atoms with E-state index < -0.39 is 43.9 Å². The van der Waals surface area contributed by atoms with Crippen LogP contribution in [0.1, 0.15) is 42.6 Å². The maximum atomic E-state index is 14.7. The van der Waals surface area contributed by atoms with E-state index in [9.17, 15) is 30.7 Å². The molecule has 0 aliphatic carbocycles. The molecule has 218 valence electrons. The highest BCUT2D eigenvalue weighted by Crippen LogP contribution is 2.45. The Balaban J connectivity index is 1.55. The Morgan fingerprint density at radius 1 is 1.18 bits per heavy atom. The molecule has 0 bridgehead atoms. The van der Waals surface area contributed by atoms with Crippen molar-refractivity contribution in [3.63, 3.8) is 0 Å². The Bertz CT molecular complexity index is 1330. The number of nitrogens with one attached hydrogen (secondary N) is 2. The van der Waals surface area contributed by atoms with E-state index in [-0.39, 0.29) is 29.3 Å². The van der Waals surface area contributed by atoms with E-state index in [1.54, 1.807) is 19.1 Å². The van der Waals surface area contributed by atoms with E-state index in [0.29, 0.717) is 41.8 Å². The molecule has 0 amide bonds. The summed E-state index contributed by atoms with van der Waals surface area (Å²) in [7, 11) is 0. The topological polar surface area (TPSA) is 43.5 Å². The quantitative estimate of drug-likeness (QED) is 0.282. The predicted octanol–water partition coefficient (Wildman–Crippen LogP) is 6.65. The first kappa shape index (κ1) is 28.5. The lowest BCUT2D eigenvalue weighted by atomic mass is 9.88. The number of para-hydroxylation sites is 1. The molecule has 3 heterocycles. The van der Waals surface area contributed by atoms with Crippen LogP contribution in [0, 0.1) is 5.82 Å². The Labute approximate surface area is 227 Å². The Morgan fingerprint density at radius 2 is 1.98 bits per heavy atom. The van der Waals surface area contributed by atoms with Crippen molar-refractivity contribution in [3.05, 3.63) is 59.0 Å². The van der Waals surface area contributed by atoms with Crippen molar-refractivity contribution in [2.75, 3.05) is 38.2 Å². The number of fused-ring (bicyclic) bond motifs is 3. The molecule has 5 rings (SSSR count). The average Bonchev–Trinajstić information content (AvgIpc) is 3.48.